The summed E-state index contributed by atoms with van der Waals surface area (Å²) >= 11 is 0. The molecule has 0 spiro atoms. The van der Waals surface area contributed by atoms with Crippen LogP contribution in [-0.4, -0.2) is 31.8 Å². The Morgan fingerprint density at radius 3 is 2.90 bits per heavy atom. The number of aliphatic hydroxyl groups is 1. The van der Waals surface area contributed by atoms with Crippen molar-refractivity contribution in [1.82, 2.24) is 5.64 Å². The fraction of sp³-hybridized carbons (Fsp3) is 1.00. The molecule has 4 N–H and O–H groups in total. The third kappa shape index (κ3) is 5.89. The summed E-state index contributed by atoms with van der Waals surface area (Å²) in [5, 5.41) is 8.67. The van der Waals surface area contributed by atoms with Crippen LogP contribution in [0.2, 0.25) is 0 Å². The zero-order chi connectivity index (χ0) is 7.82. The Kier molecular flexibility index (Phi) is 6.71. The molecule has 0 aliphatic rings. The van der Waals surface area contributed by atoms with Gasteiger partial charge in [-0.05, 0) is 0 Å². The molecule has 62 valence electrons. The van der Waals surface area contributed by atoms with Crippen LogP contribution in [0.4, 0.5) is 0 Å². The van der Waals surface area contributed by atoms with Gasteiger partial charge in [0.05, 0.1) is 13.7 Å². The van der Waals surface area contributed by atoms with E-state index in [2.05, 4.69) is 14.4 Å². The molecule has 0 aliphatic carbocycles. The first-order chi connectivity index (χ1) is 4.81. The first kappa shape index (κ1) is 9.76. The minimum Gasteiger partial charge on any atom is -0.345 e. The van der Waals surface area contributed by atoms with Crippen molar-refractivity contribution in [2.75, 3.05) is 20.3 Å². The number of hydrogen-bond donors (Lipinski definition) is 3. The number of rotatable bonds is 6. The van der Waals surface area contributed by atoms with Crippen LogP contribution in [0, 0.1) is 0 Å². The minimum atomic E-state index is -1.34. The highest BCUT2D eigenvalue weighted by Crippen LogP contribution is 1.84. The number of nitrogens with two attached hydrogens (primary N) is 1. The molecule has 0 heterocycles. The number of aliphatic hydroxyl groups excluding tert-OH is 1. The summed E-state index contributed by atoms with van der Waals surface area (Å²) in [4.78, 5) is 8.55. The van der Waals surface area contributed by atoms with Crippen molar-refractivity contribution in [2.24, 2.45) is 5.73 Å². The quantitative estimate of drug-likeness (QED) is 0.311. The Hall–Kier alpha value is -0.240. The van der Waals surface area contributed by atoms with E-state index in [0.717, 1.165) is 0 Å². The van der Waals surface area contributed by atoms with Gasteiger partial charge < -0.3 is 15.6 Å². The molecule has 0 rings (SSSR count). The van der Waals surface area contributed by atoms with Gasteiger partial charge in [0.1, 0.15) is 0 Å². The fourth-order valence-electron chi connectivity index (χ4n) is 0.292. The van der Waals surface area contributed by atoms with Crippen molar-refractivity contribution in [3.8, 4) is 0 Å². The van der Waals surface area contributed by atoms with Crippen molar-refractivity contribution in [3.05, 3.63) is 0 Å². The average Bonchev–Trinajstić information content (AvgIpc) is 1.97. The van der Waals surface area contributed by atoms with Gasteiger partial charge in [-0.15, -0.1) is 0 Å². The lowest BCUT2D eigenvalue weighted by atomic mass is 10.7. The zero-order valence-electron chi connectivity index (χ0n) is 5.74. The molecule has 0 saturated heterocycles. The zero-order valence-corrected chi connectivity index (χ0v) is 5.74. The summed E-state index contributed by atoms with van der Waals surface area (Å²) in [5.41, 5.74) is 7.00. The summed E-state index contributed by atoms with van der Waals surface area (Å²) in [6.45, 7) is -0.788. The van der Waals surface area contributed by atoms with E-state index in [-0.39, 0.29) is 6.61 Å². The molecular weight excluding hydrogens is 140 g/mol. The molecule has 1 unspecified atom stereocenters. The van der Waals surface area contributed by atoms with Crippen LogP contribution < -0.4 is 11.4 Å². The standard InChI is InChI=1S/C4H12N2O4/c1-8-6-10-4(7)9-3-2-5/h4,6-7H,2-3,5H2,1H3. The Morgan fingerprint density at radius 1 is 1.70 bits per heavy atom. The Bertz CT molecular complexity index is 64.3. The van der Waals surface area contributed by atoms with Crippen molar-refractivity contribution in [1.29, 1.82) is 0 Å². The predicted octanol–water partition coefficient (Wildman–Crippen LogP) is -1.68. The van der Waals surface area contributed by atoms with Crippen LogP contribution in [0.25, 0.3) is 0 Å². The Morgan fingerprint density at radius 2 is 2.40 bits per heavy atom. The van der Waals surface area contributed by atoms with Gasteiger partial charge in [0.2, 0.25) is 0 Å². The van der Waals surface area contributed by atoms with Gasteiger partial charge in [0.25, 0.3) is 6.48 Å². The molecular formula is C4H12N2O4. The highest BCUT2D eigenvalue weighted by Gasteiger charge is 2.01. The van der Waals surface area contributed by atoms with Crippen LogP contribution >= 0.6 is 0 Å². The topological polar surface area (TPSA) is 86.0 Å². The molecule has 0 bridgehead atoms. The van der Waals surface area contributed by atoms with Crippen molar-refractivity contribution in [3.63, 3.8) is 0 Å². The van der Waals surface area contributed by atoms with Crippen molar-refractivity contribution < 1.29 is 19.5 Å². The molecule has 1 atom stereocenters. The van der Waals surface area contributed by atoms with Crippen LogP contribution in [0.1, 0.15) is 0 Å². The molecule has 0 aromatic carbocycles. The monoisotopic (exact) mass is 152 g/mol. The van der Waals surface area contributed by atoms with Crippen LogP contribution in [0.3, 0.4) is 0 Å². The normalized spacial score (nSPS) is 13.5. The summed E-state index contributed by atoms with van der Waals surface area (Å²) < 4.78 is 4.56. The van der Waals surface area contributed by atoms with Gasteiger partial charge in [-0.2, -0.15) is 0 Å². The molecule has 6 heteroatoms. The Labute approximate surface area is 58.8 Å². The second kappa shape index (κ2) is 6.87. The van der Waals surface area contributed by atoms with Crippen LogP contribution in [0.15, 0.2) is 0 Å². The first-order valence-electron chi connectivity index (χ1n) is 2.74. The van der Waals surface area contributed by atoms with Gasteiger partial charge in [-0.25, -0.2) is 4.84 Å². The largest absolute Gasteiger partial charge is 0.345 e. The molecule has 0 aliphatic heterocycles. The van der Waals surface area contributed by atoms with E-state index in [1.165, 1.54) is 7.11 Å². The maximum Gasteiger partial charge on any atom is 0.288 e. The first-order valence-corrected chi connectivity index (χ1v) is 2.74. The van der Waals surface area contributed by atoms with E-state index >= 15 is 0 Å². The molecule has 0 aromatic rings. The second-order valence-corrected chi connectivity index (χ2v) is 1.37. The molecule has 10 heavy (non-hydrogen) atoms. The minimum absolute atomic E-state index is 0.229. The lowest BCUT2D eigenvalue weighted by Gasteiger charge is -2.09. The van der Waals surface area contributed by atoms with E-state index in [1.807, 2.05) is 5.64 Å². The predicted molar refractivity (Wildman–Crippen MR) is 32.2 cm³/mol. The van der Waals surface area contributed by atoms with Crippen molar-refractivity contribution in [2.45, 2.75) is 6.48 Å². The smallest absolute Gasteiger partial charge is 0.288 e. The van der Waals surface area contributed by atoms with Crippen molar-refractivity contribution >= 4 is 0 Å². The average molecular weight is 152 g/mol. The second-order valence-electron chi connectivity index (χ2n) is 1.37. The number of ether oxygens (including phenoxy) is 1. The van der Waals surface area contributed by atoms with Crippen LogP contribution in [-0.2, 0) is 14.4 Å². The summed E-state index contributed by atoms with van der Waals surface area (Å²) in [6.07, 6.45) is 0. The van der Waals surface area contributed by atoms with Gasteiger partial charge >= 0.3 is 0 Å². The number of nitrogens with one attached hydrogen (secondary N) is 1. The lowest BCUT2D eigenvalue weighted by Crippen LogP contribution is -2.27. The van der Waals surface area contributed by atoms with Gasteiger partial charge in [0, 0.05) is 6.54 Å². The fourth-order valence-corrected chi connectivity index (χ4v) is 0.292. The highest BCUT2D eigenvalue weighted by molar-refractivity contribution is 4.26. The maximum atomic E-state index is 8.67. The van der Waals surface area contributed by atoms with E-state index in [1.54, 1.807) is 0 Å². The molecule has 0 fully saturated rings. The summed E-state index contributed by atoms with van der Waals surface area (Å²) in [7, 11) is 1.34. The number of hydrogen-bond acceptors (Lipinski definition) is 6. The molecule has 6 nitrogen and oxygen atoms in total. The van der Waals surface area contributed by atoms with Crippen LogP contribution in [0.5, 0.6) is 0 Å². The molecule has 0 radical (unpaired) electrons. The van der Waals surface area contributed by atoms with E-state index < -0.39 is 6.48 Å². The molecule has 0 aromatic heterocycles. The van der Waals surface area contributed by atoms with E-state index in [9.17, 15) is 0 Å². The lowest BCUT2D eigenvalue weighted by molar-refractivity contribution is -0.335. The summed E-state index contributed by atoms with van der Waals surface area (Å²) in [5.74, 6) is 0. The van der Waals surface area contributed by atoms with Gasteiger partial charge in [-0.1, -0.05) is 5.64 Å². The third-order valence-electron chi connectivity index (χ3n) is 0.611. The highest BCUT2D eigenvalue weighted by atomic mass is 17.0. The SMILES string of the molecule is CONOC(O)OCCN. The van der Waals surface area contributed by atoms with Gasteiger partial charge in [0.15, 0.2) is 0 Å². The van der Waals surface area contributed by atoms with E-state index in [4.69, 9.17) is 10.8 Å². The van der Waals surface area contributed by atoms with E-state index in [0.29, 0.717) is 6.54 Å². The summed E-state index contributed by atoms with van der Waals surface area (Å²) in [6, 6.07) is 0. The molecule has 0 amide bonds. The molecule has 0 saturated carbocycles. The third-order valence-corrected chi connectivity index (χ3v) is 0.611. The van der Waals surface area contributed by atoms with Gasteiger partial charge in [-0.3, -0.25) is 4.84 Å². The Balaban J connectivity index is 3.00. The maximum absolute atomic E-state index is 8.67.